The van der Waals surface area contributed by atoms with Crippen LogP contribution in [0.25, 0.3) is 0 Å². The molecule has 1 unspecified atom stereocenters. The molecule has 1 aliphatic rings. The molecule has 2 heterocycles. The van der Waals surface area contributed by atoms with Crippen molar-refractivity contribution in [1.82, 2.24) is 14.9 Å². The largest absolute Gasteiger partial charge is 0.370 e. The Bertz CT molecular complexity index is 391. The molecule has 1 saturated heterocycles. The Balaban J connectivity index is 1.79. The number of likely N-dealkylation sites (tertiary alicyclic amines) is 1. The van der Waals surface area contributed by atoms with E-state index in [1.807, 2.05) is 13.1 Å². The molecular formula is C14H24N4. The molecule has 1 N–H and O–H groups in total. The molecule has 100 valence electrons. The van der Waals surface area contributed by atoms with E-state index in [2.05, 4.69) is 34.2 Å². The number of anilines is 1. The first kappa shape index (κ1) is 13.3. The number of aryl methyl sites for hydroxylation is 2. The van der Waals surface area contributed by atoms with Crippen LogP contribution in [0.4, 0.5) is 5.82 Å². The third-order valence-corrected chi connectivity index (χ3v) is 3.66. The minimum atomic E-state index is 0.833. The molecule has 4 heteroatoms. The Morgan fingerprint density at radius 1 is 1.44 bits per heavy atom. The van der Waals surface area contributed by atoms with Crippen LogP contribution in [0.5, 0.6) is 0 Å². The summed E-state index contributed by atoms with van der Waals surface area (Å²) in [5.41, 5.74) is 1.13. The molecule has 18 heavy (non-hydrogen) atoms. The first-order valence-corrected chi connectivity index (χ1v) is 6.88. The molecule has 1 aliphatic heterocycles. The van der Waals surface area contributed by atoms with Crippen molar-refractivity contribution in [2.24, 2.45) is 5.92 Å². The second-order valence-electron chi connectivity index (χ2n) is 5.43. The van der Waals surface area contributed by atoms with E-state index in [1.165, 1.54) is 32.4 Å². The highest BCUT2D eigenvalue weighted by molar-refractivity contribution is 5.41. The topological polar surface area (TPSA) is 41.1 Å². The zero-order chi connectivity index (χ0) is 13.0. The van der Waals surface area contributed by atoms with Crippen molar-refractivity contribution >= 4 is 5.82 Å². The average molecular weight is 248 g/mol. The predicted molar refractivity (Wildman–Crippen MR) is 74.8 cm³/mol. The van der Waals surface area contributed by atoms with E-state index in [0.717, 1.165) is 29.7 Å². The summed E-state index contributed by atoms with van der Waals surface area (Å²) in [5.74, 6) is 2.66. The van der Waals surface area contributed by atoms with Crippen molar-refractivity contribution < 1.29 is 0 Å². The van der Waals surface area contributed by atoms with Crippen molar-refractivity contribution in [1.29, 1.82) is 0 Å². The van der Waals surface area contributed by atoms with Gasteiger partial charge < -0.3 is 10.2 Å². The highest BCUT2D eigenvalue weighted by atomic mass is 15.1. The van der Waals surface area contributed by atoms with Gasteiger partial charge in [-0.2, -0.15) is 0 Å². The second kappa shape index (κ2) is 6.14. The van der Waals surface area contributed by atoms with Crippen LogP contribution in [-0.2, 0) is 0 Å². The van der Waals surface area contributed by atoms with Gasteiger partial charge in [0.15, 0.2) is 0 Å². The molecule has 1 aromatic rings. The normalized spacial score (nSPS) is 20.9. The summed E-state index contributed by atoms with van der Waals surface area (Å²) in [4.78, 5) is 11.1. The lowest BCUT2D eigenvalue weighted by atomic mass is 9.95. The van der Waals surface area contributed by atoms with Crippen LogP contribution >= 0.6 is 0 Å². The number of rotatable bonds is 4. The lowest BCUT2D eigenvalue weighted by molar-refractivity contribution is 0.205. The summed E-state index contributed by atoms with van der Waals surface area (Å²) in [6.45, 7) is 7.49. The molecule has 4 nitrogen and oxygen atoms in total. The number of nitrogens with one attached hydrogen (secondary N) is 1. The molecule has 0 spiro atoms. The highest BCUT2D eigenvalue weighted by Gasteiger charge is 2.16. The number of aromatic nitrogens is 2. The summed E-state index contributed by atoms with van der Waals surface area (Å²) in [5, 5.41) is 3.45. The Labute approximate surface area is 110 Å². The van der Waals surface area contributed by atoms with E-state index in [-0.39, 0.29) is 0 Å². The lowest BCUT2D eigenvalue weighted by Gasteiger charge is -2.29. The average Bonchev–Trinajstić information content (AvgIpc) is 2.34. The van der Waals surface area contributed by atoms with E-state index in [0.29, 0.717) is 0 Å². The molecule has 1 aromatic heterocycles. The van der Waals surface area contributed by atoms with Gasteiger partial charge in [-0.1, -0.05) is 0 Å². The van der Waals surface area contributed by atoms with Crippen molar-refractivity contribution in [3.8, 4) is 0 Å². The van der Waals surface area contributed by atoms with Gasteiger partial charge in [-0.15, -0.1) is 0 Å². The molecule has 2 rings (SSSR count). The van der Waals surface area contributed by atoms with Gasteiger partial charge in [0.1, 0.15) is 11.6 Å². The van der Waals surface area contributed by atoms with E-state index in [1.54, 1.807) is 0 Å². The molecule has 1 atom stereocenters. The van der Waals surface area contributed by atoms with Crippen molar-refractivity contribution in [2.75, 3.05) is 32.0 Å². The first-order chi connectivity index (χ1) is 8.65. The van der Waals surface area contributed by atoms with Gasteiger partial charge in [0.2, 0.25) is 0 Å². The molecule has 0 saturated carbocycles. The van der Waals surface area contributed by atoms with Crippen LogP contribution in [0.1, 0.15) is 30.7 Å². The molecule has 1 fully saturated rings. The van der Waals surface area contributed by atoms with E-state index in [4.69, 9.17) is 0 Å². The number of nitrogens with zero attached hydrogens (tertiary/aromatic N) is 3. The highest BCUT2D eigenvalue weighted by Crippen LogP contribution is 2.18. The fourth-order valence-electron chi connectivity index (χ4n) is 2.61. The Morgan fingerprint density at radius 2 is 2.28 bits per heavy atom. The van der Waals surface area contributed by atoms with Crippen molar-refractivity contribution in [2.45, 2.75) is 33.1 Å². The van der Waals surface area contributed by atoms with Crippen LogP contribution in [0, 0.1) is 19.8 Å². The van der Waals surface area contributed by atoms with Gasteiger partial charge in [-0.05, 0) is 52.6 Å². The zero-order valence-corrected chi connectivity index (χ0v) is 11.7. The third-order valence-electron chi connectivity index (χ3n) is 3.66. The maximum absolute atomic E-state index is 4.44. The first-order valence-electron chi connectivity index (χ1n) is 6.88. The fourth-order valence-corrected chi connectivity index (χ4v) is 2.61. The molecule has 0 bridgehead atoms. The standard InChI is InChI=1S/C14H24N4/c1-11-9-16-12(2)17-14(11)15-7-6-13-5-4-8-18(3)10-13/h9,13H,4-8,10H2,1-3H3,(H,15,16,17). The summed E-state index contributed by atoms with van der Waals surface area (Å²) in [6, 6.07) is 0. The Morgan fingerprint density at radius 3 is 3.06 bits per heavy atom. The van der Waals surface area contributed by atoms with E-state index in [9.17, 15) is 0 Å². The maximum atomic E-state index is 4.44. The number of hydrogen-bond donors (Lipinski definition) is 1. The van der Waals surface area contributed by atoms with Gasteiger partial charge in [-0.3, -0.25) is 0 Å². The van der Waals surface area contributed by atoms with Gasteiger partial charge in [0.25, 0.3) is 0 Å². The minimum absolute atomic E-state index is 0.833. The van der Waals surface area contributed by atoms with E-state index >= 15 is 0 Å². The smallest absolute Gasteiger partial charge is 0.132 e. The van der Waals surface area contributed by atoms with Crippen LogP contribution in [0.15, 0.2) is 6.20 Å². The fraction of sp³-hybridized carbons (Fsp3) is 0.714. The minimum Gasteiger partial charge on any atom is -0.370 e. The summed E-state index contributed by atoms with van der Waals surface area (Å²) in [6.07, 6.45) is 5.83. The monoisotopic (exact) mass is 248 g/mol. The SMILES string of the molecule is Cc1ncc(C)c(NCCC2CCCN(C)C2)n1. The predicted octanol–water partition coefficient (Wildman–Crippen LogP) is 2.24. The Kier molecular flexibility index (Phi) is 4.53. The van der Waals surface area contributed by atoms with Crippen molar-refractivity contribution in [3.05, 3.63) is 17.6 Å². The van der Waals surface area contributed by atoms with Crippen LogP contribution in [0.2, 0.25) is 0 Å². The molecule has 0 amide bonds. The van der Waals surface area contributed by atoms with Gasteiger partial charge >= 0.3 is 0 Å². The quantitative estimate of drug-likeness (QED) is 0.887. The van der Waals surface area contributed by atoms with Gasteiger partial charge in [0, 0.05) is 24.8 Å². The number of hydrogen-bond acceptors (Lipinski definition) is 4. The molecule has 0 aliphatic carbocycles. The second-order valence-corrected chi connectivity index (χ2v) is 5.43. The van der Waals surface area contributed by atoms with Crippen molar-refractivity contribution in [3.63, 3.8) is 0 Å². The zero-order valence-electron chi connectivity index (χ0n) is 11.7. The Hall–Kier alpha value is -1.16. The van der Waals surface area contributed by atoms with Gasteiger partial charge in [0.05, 0.1) is 0 Å². The van der Waals surface area contributed by atoms with E-state index < -0.39 is 0 Å². The maximum Gasteiger partial charge on any atom is 0.132 e. The molecular weight excluding hydrogens is 224 g/mol. The third kappa shape index (κ3) is 3.67. The molecule has 0 aromatic carbocycles. The molecule has 0 radical (unpaired) electrons. The summed E-state index contributed by atoms with van der Waals surface area (Å²) < 4.78 is 0. The summed E-state index contributed by atoms with van der Waals surface area (Å²) >= 11 is 0. The van der Waals surface area contributed by atoms with Crippen LogP contribution in [0.3, 0.4) is 0 Å². The van der Waals surface area contributed by atoms with Crippen LogP contribution < -0.4 is 5.32 Å². The van der Waals surface area contributed by atoms with Crippen LogP contribution in [-0.4, -0.2) is 41.5 Å². The lowest BCUT2D eigenvalue weighted by Crippen LogP contribution is -2.32. The van der Waals surface area contributed by atoms with Gasteiger partial charge in [-0.25, -0.2) is 9.97 Å². The number of piperidine rings is 1. The summed E-state index contributed by atoms with van der Waals surface area (Å²) in [7, 11) is 2.22.